The summed E-state index contributed by atoms with van der Waals surface area (Å²) in [5.74, 6) is 0. The highest BCUT2D eigenvalue weighted by atomic mass is 32.2. The molecule has 0 unspecified atom stereocenters. The minimum absolute atomic E-state index is 0.0659. The Hall–Kier alpha value is -2.38. The van der Waals surface area contributed by atoms with Crippen molar-refractivity contribution in [1.82, 2.24) is 10.3 Å². The van der Waals surface area contributed by atoms with E-state index < -0.39 is 16.1 Å². The van der Waals surface area contributed by atoms with E-state index in [0.29, 0.717) is 5.69 Å². The van der Waals surface area contributed by atoms with Gasteiger partial charge in [-0.25, -0.2) is 13.2 Å². The normalized spacial score (nSPS) is 11.8. The summed E-state index contributed by atoms with van der Waals surface area (Å²) in [5, 5.41) is 2.52. The number of hydrogen-bond acceptors (Lipinski definition) is 3. The molecular weight excluding hydrogens is 326 g/mol. The van der Waals surface area contributed by atoms with Crippen LogP contribution < -0.4 is 15.6 Å². The van der Waals surface area contributed by atoms with Gasteiger partial charge in [-0.15, -0.1) is 4.83 Å². The molecular formula is C17H21N3O3S. The van der Waals surface area contributed by atoms with Gasteiger partial charge in [0.25, 0.3) is 10.0 Å². The zero-order valence-electron chi connectivity index (χ0n) is 13.8. The van der Waals surface area contributed by atoms with Crippen LogP contribution in [-0.2, 0) is 15.4 Å². The van der Waals surface area contributed by atoms with Crippen molar-refractivity contribution >= 4 is 21.7 Å². The predicted molar refractivity (Wildman–Crippen MR) is 94.1 cm³/mol. The van der Waals surface area contributed by atoms with E-state index in [0.717, 1.165) is 5.56 Å². The molecule has 128 valence electrons. The summed E-state index contributed by atoms with van der Waals surface area (Å²) in [6, 6.07) is 14.6. The van der Waals surface area contributed by atoms with Crippen molar-refractivity contribution in [1.29, 1.82) is 0 Å². The van der Waals surface area contributed by atoms with Gasteiger partial charge >= 0.3 is 6.03 Å². The van der Waals surface area contributed by atoms with Gasteiger partial charge in [0, 0.05) is 5.69 Å². The molecule has 7 heteroatoms. The van der Waals surface area contributed by atoms with E-state index in [2.05, 4.69) is 15.6 Å². The van der Waals surface area contributed by atoms with Crippen LogP contribution in [0.4, 0.5) is 10.5 Å². The Labute approximate surface area is 142 Å². The maximum absolute atomic E-state index is 12.2. The summed E-state index contributed by atoms with van der Waals surface area (Å²) < 4.78 is 24.4. The van der Waals surface area contributed by atoms with Gasteiger partial charge in [-0.1, -0.05) is 51.1 Å². The quantitative estimate of drug-likeness (QED) is 0.743. The lowest BCUT2D eigenvalue weighted by atomic mass is 9.87. The van der Waals surface area contributed by atoms with Crippen LogP contribution in [0.3, 0.4) is 0 Å². The third-order valence-electron chi connectivity index (χ3n) is 3.36. The summed E-state index contributed by atoms with van der Waals surface area (Å²) in [7, 11) is -3.83. The van der Waals surface area contributed by atoms with Gasteiger partial charge < -0.3 is 5.32 Å². The van der Waals surface area contributed by atoms with Gasteiger partial charge in [0.05, 0.1) is 4.90 Å². The zero-order chi connectivity index (χ0) is 17.8. The standard InChI is InChI=1S/C17H21N3O3S/c1-17(2,3)13-9-11-15(12-10-13)24(22,23)20-19-16(21)18-14-7-5-4-6-8-14/h4-12,20H,1-3H3,(H2,18,19,21). The van der Waals surface area contributed by atoms with Crippen LogP contribution in [0, 0.1) is 0 Å². The number of benzene rings is 2. The molecule has 0 spiro atoms. The van der Waals surface area contributed by atoms with Crippen molar-refractivity contribution in [2.24, 2.45) is 0 Å². The fraction of sp³-hybridized carbons (Fsp3) is 0.235. The first-order chi connectivity index (χ1) is 11.2. The van der Waals surface area contributed by atoms with Crippen LogP contribution in [-0.4, -0.2) is 14.4 Å². The average molecular weight is 347 g/mol. The minimum Gasteiger partial charge on any atom is -0.307 e. The number of sulfonamides is 1. The lowest BCUT2D eigenvalue weighted by molar-refractivity contribution is 0.250. The van der Waals surface area contributed by atoms with Crippen LogP contribution in [0.5, 0.6) is 0 Å². The summed E-state index contributed by atoms with van der Waals surface area (Å²) in [5.41, 5.74) is 3.64. The van der Waals surface area contributed by atoms with Gasteiger partial charge in [0.2, 0.25) is 0 Å². The molecule has 0 aliphatic heterocycles. The molecule has 0 atom stereocenters. The number of para-hydroxylation sites is 1. The van der Waals surface area contributed by atoms with Crippen molar-refractivity contribution in [3.63, 3.8) is 0 Å². The van der Waals surface area contributed by atoms with E-state index in [1.165, 1.54) is 12.1 Å². The van der Waals surface area contributed by atoms with Gasteiger partial charge in [-0.05, 0) is 35.2 Å². The Balaban J connectivity index is 1.99. The van der Waals surface area contributed by atoms with E-state index in [1.54, 1.807) is 36.4 Å². The lowest BCUT2D eigenvalue weighted by Gasteiger charge is -2.19. The van der Waals surface area contributed by atoms with Crippen LogP contribution in [0.2, 0.25) is 0 Å². The number of hydrazine groups is 1. The molecule has 6 nitrogen and oxygen atoms in total. The minimum atomic E-state index is -3.83. The molecule has 0 aliphatic rings. The van der Waals surface area contributed by atoms with Crippen molar-refractivity contribution in [2.45, 2.75) is 31.1 Å². The van der Waals surface area contributed by atoms with Gasteiger partial charge in [0.15, 0.2) is 0 Å². The Morgan fingerprint density at radius 1 is 0.917 bits per heavy atom. The van der Waals surface area contributed by atoms with Gasteiger partial charge in [0.1, 0.15) is 0 Å². The number of hydrogen-bond donors (Lipinski definition) is 3. The second-order valence-electron chi connectivity index (χ2n) is 6.33. The Bertz CT molecular complexity index is 795. The molecule has 0 aromatic heterocycles. The topological polar surface area (TPSA) is 87.3 Å². The number of nitrogens with one attached hydrogen (secondary N) is 3. The molecule has 0 fully saturated rings. The smallest absolute Gasteiger partial charge is 0.307 e. The Morgan fingerprint density at radius 2 is 1.50 bits per heavy atom. The second kappa shape index (κ2) is 7.02. The van der Waals surface area contributed by atoms with Crippen LogP contribution in [0.25, 0.3) is 0 Å². The molecule has 2 rings (SSSR count). The molecule has 2 aromatic rings. The fourth-order valence-electron chi connectivity index (χ4n) is 1.99. The van der Waals surface area contributed by atoms with E-state index in [4.69, 9.17) is 0 Å². The van der Waals surface area contributed by atoms with Gasteiger partial charge in [-0.2, -0.15) is 0 Å². The summed E-state index contributed by atoms with van der Waals surface area (Å²) >= 11 is 0. The highest BCUT2D eigenvalue weighted by molar-refractivity contribution is 7.89. The molecule has 0 bridgehead atoms. The maximum atomic E-state index is 12.2. The molecule has 2 amide bonds. The van der Waals surface area contributed by atoms with E-state index in [9.17, 15) is 13.2 Å². The first-order valence-electron chi connectivity index (χ1n) is 7.43. The summed E-state index contributed by atoms with van der Waals surface area (Å²) in [6.07, 6.45) is 0. The third kappa shape index (κ3) is 4.81. The number of carbonyl (C=O) groups excluding carboxylic acids is 1. The van der Waals surface area contributed by atoms with Crippen molar-refractivity contribution in [2.75, 3.05) is 5.32 Å². The number of carbonyl (C=O) groups is 1. The van der Waals surface area contributed by atoms with Crippen molar-refractivity contribution in [3.05, 3.63) is 60.2 Å². The maximum Gasteiger partial charge on any atom is 0.334 e. The highest BCUT2D eigenvalue weighted by Crippen LogP contribution is 2.23. The molecule has 0 radical (unpaired) electrons. The fourth-order valence-corrected chi connectivity index (χ4v) is 2.83. The van der Waals surface area contributed by atoms with Crippen molar-refractivity contribution in [3.8, 4) is 0 Å². The van der Waals surface area contributed by atoms with Gasteiger partial charge in [-0.3, -0.25) is 5.43 Å². The van der Waals surface area contributed by atoms with E-state index >= 15 is 0 Å². The Morgan fingerprint density at radius 3 is 2.04 bits per heavy atom. The third-order valence-corrected chi connectivity index (χ3v) is 4.62. The second-order valence-corrected chi connectivity index (χ2v) is 8.01. The molecule has 3 N–H and O–H groups in total. The van der Waals surface area contributed by atoms with E-state index in [1.807, 2.05) is 26.8 Å². The lowest BCUT2D eigenvalue weighted by Crippen LogP contribution is -2.43. The Kier molecular flexibility index (Phi) is 5.26. The molecule has 0 saturated heterocycles. The first-order valence-corrected chi connectivity index (χ1v) is 8.91. The molecule has 2 aromatic carbocycles. The largest absolute Gasteiger partial charge is 0.334 e. The molecule has 0 saturated carbocycles. The molecule has 0 heterocycles. The number of amides is 2. The van der Waals surface area contributed by atoms with Crippen LogP contribution in [0.15, 0.2) is 59.5 Å². The molecule has 0 aliphatic carbocycles. The zero-order valence-corrected chi connectivity index (χ0v) is 14.6. The highest BCUT2D eigenvalue weighted by Gasteiger charge is 2.18. The SMILES string of the molecule is CC(C)(C)c1ccc(S(=O)(=O)NNC(=O)Nc2ccccc2)cc1. The van der Waals surface area contributed by atoms with Crippen LogP contribution in [0.1, 0.15) is 26.3 Å². The predicted octanol–water partition coefficient (Wildman–Crippen LogP) is 3.00. The van der Waals surface area contributed by atoms with Crippen LogP contribution >= 0.6 is 0 Å². The summed E-state index contributed by atoms with van der Waals surface area (Å²) in [4.78, 5) is 13.9. The summed E-state index contributed by atoms with van der Waals surface area (Å²) in [6.45, 7) is 6.14. The van der Waals surface area contributed by atoms with Crippen molar-refractivity contribution < 1.29 is 13.2 Å². The number of urea groups is 1. The monoisotopic (exact) mass is 347 g/mol. The number of anilines is 1. The average Bonchev–Trinajstić information content (AvgIpc) is 2.53. The number of rotatable bonds is 4. The first kappa shape index (κ1) is 18.0. The van der Waals surface area contributed by atoms with E-state index in [-0.39, 0.29) is 10.3 Å². The molecule has 24 heavy (non-hydrogen) atoms.